The van der Waals surface area contributed by atoms with Crippen LogP contribution in [0.5, 0.6) is 0 Å². The Morgan fingerprint density at radius 2 is 1.88 bits per heavy atom. The van der Waals surface area contributed by atoms with Gasteiger partial charge in [-0.3, -0.25) is 9.52 Å². The molecule has 34 heavy (non-hydrogen) atoms. The van der Waals surface area contributed by atoms with Gasteiger partial charge in [-0.15, -0.1) is 0 Å². The monoisotopic (exact) mass is 480 g/mol. The third kappa shape index (κ3) is 3.67. The Hall–Kier alpha value is -4.18. The predicted molar refractivity (Wildman–Crippen MR) is 127 cm³/mol. The molecule has 0 aliphatic heterocycles. The average molecular weight is 480 g/mol. The van der Waals surface area contributed by atoms with Crippen molar-refractivity contribution >= 4 is 54.5 Å². The molecule has 3 aromatic carbocycles. The van der Waals surface area contributed by atoms with Gasteiger partial charge in [-0.1, -0.05) is 12.1 Å². The Morgan fingerprint density at radius 1 is 1.09 bits per heavy atom. The summed E-state index contributed by atoms with van der Waals surface area (Å²) >= 11 is 0. The Bertz CT molecular complexity index is 1800. The van der Waals surface area contributed by atoms with E-state index in [1.165, 1.54) is 31.4 Å². The lowest BCUT2D eigenvalue weighted by Gasteiger charge is -2.12. The number of pyridine rings is 1. The normalized spacial score (nSPS) is 11.9. The van der Waals surface area contributed by atoms with Crippen molar-refractivity contribution in [3.63, 3.8) is 0 Å². The number of sulfonamides is 1. The summed E-state index contributed by atoms with van der Waals surface area (Å²) in [4.78, 5) is 27.6. The van der Waals surface area contributed by atoms with Gasteiger partial charge >= 0.3 is 5.97 Å². The highest BCUT2D eigenvalue weighted by atomic mass is 32.2. The molecular weight excluding hydrogens is 463 g/mol. The number of nitrogens with one attached hydrogen (secondary N) is 2. The zero-order valence-corrected chi connectivity index (χ0v) is 18.7. The Labute approximate surface area is 192 Å². The summed E-state index contributed by atoms with van der Waals surface area (Å²) < 4.78 is 51.0. The van der Waals surface area contributed by atoms with Gasteiger partial charge in [0, 0.05) is 22.4 Å². The van der Waals surface area contributed by atoms with E-state index in [-0.39, 0.29) is 33.3 Å². The summed E-state index contributed by atoms with van der Waals surface area (Å²) in [6, 6.07) is 13.5. The Balaban J connectivity index is 1.86. The van der Waals surface area contributed by atoms with Crippen LogP contribution in [-0.4, -0.2) is 32.7 Å². The van der Waals surface area contributed by atoms with E-state index in [0.29, 0.717) is 21.9 Å². The molecule has 0 aliphatic carbocycles. The quantitative estimate of drug-likeness (QED) is 0.368. The standard InChI is InChI=1S/C24H17FN2O6S/c1-32-24(29)13-5-3-4-12(8-13)16-10-17-20(11-19(16)27-34(2,30)31)33-22-15-7-6-14(25)9-18(15)26-23(28)21(17)22/h3-11,27H,1-2H3,(H,26,28). The second-order valence-corrected chi connectivity index (χ2v) is 9.54. The molecule has 0 bridgehead atoms. The molecule has 0 aliphatic rings. The Morgan fingerprint density at radius 3 is 2.62 bits per heavy atom. The summed E-state index contributed by atoms with van der Waals surface area (Å²) in [6.07, 6.45) is 1.01. The first-order valence-corrected chi connectivity index (χ1v) is 11.9. The first-order valence-electron chi connectivity index (χ1n) is 10.0. The summed E-state index contributed by atoms with van der Waals surface area (Å²) in [5.41, 5.74) is 1.71. The number of carbonyl (C=O) groups excluding carboxylic acids is 1. The van der Waals surface area contributed by atoms with E-state index in [2.05, 4.69) is 9.71 Å². The van der Waals surface area contributed by atoms with E-state index < -0.39 is 27.4 Å². The lowest BCUT2D eigenvalue weighted by molar-refractivity contribution is 0.0600. The molecule has 0 atom stereocenters. The van der Waals surface area contributed by atoms with Gasteiger partial charge < -0.3 is 14.1 Å². The minimum absolute atomic E-state index is 0.197. The number of esters is 1. The van der Waals surface area contributed by atoms with Gasteiger partial charge in [-0.05, 0) is 42.0 Å². The molecule has 0 radical (unpaired) electrons. The molecule has 0 saturated carbocycles. The second kappa shape index (κ2) is 7.70. The zero-order chi connectivity index (χ0) is 24.2. The van der Waals surface area contributed by atoms with Crippen molar-refractivity contribution in [1.82, 2.24) is 4.98 Å². The number of furan rings is 1. The number of ether oxygens (including phenoxy) is 1. The topological polar surface area (TPSA) is 118 Å². The lowest BCUT2D eigenvalue weighted by Crippen LogP contribution is -2.10. The summed E-state index contributed by atoms with van der Waals surface area (Å²) in [7, 11) is -2.42. The van der Waals surface area contributed by atoms with E-state index in [9.17, 15) is 22.4 Å². The molecule has 0 saturated heterocycles. The molecular formula is C24H17FN2O6S. The largest absolute Gasteiger partial charge is 0.465 e. The average Bonchev–Trinajstić information content (AvgIpc) is 3.15. The third-order valence-electron chi connectivity index (χ3n) is 5.42. The van der Waals surface area contributed by atoms with Crippen molar-refractivity contribution in [3.8, 4) is 11.1 Å². The number of hydrogen-bond donors (Lipinski definition) is 2. The van der Waals surface area contributed by atoms with Gasteiger partial charge in [0.2, 0.25) is 10.0 Å². The number of rotatable bonds is 4. The van der Waals surface area contributed by atoms with Gasteiger partial charge in [-0.2, -0.15) is 0 Å². The molecule has 2 aromatic heterocycles. The predicted octanol–water partition coefficient (Wildman–Crippen LogP) is 4.39. The molecule has 0 amide bonds. The fraction of sp³-hybridized carbons (Fsp3) is 0.0833. The minimum Gasteiger partial charge on any atom is -0.465 e. The Kier molecular flexibility index (Phi) is 4.90. The van der Waals surface area contributed by atoms with Crippen LogP contribution in [0.25, 0.3) is 44.0 Å². The fourth-order valence-electron chi connectivity index (χ4n) is 4.02. The number of hydrogen-bond acceptors (Lipinski definition) is 6. The second-order valence-electron chi connectivity index (χ2n) is 7.79. The summed E-state index contributed by atoms with van der Waals surface area (Å²) in [5.74, 6) is -1.06. The highest BCUT2D eigenvalue weighted by Crippen LogP contribution is 2.38. The highest BCUT2D eigenvalue weighted by Gasteiger charge is 2.20. The molecule has 0 fully saturated rings. The van der Waals surface area contributed by atoms with Crippen LogP contribution in [0.15, 0.2) is 63.8 Å². The van der Waals surface area contributed by atoms with Crippen LogP contribution in [0.3, 0.4) is 0 Å². The number of aromatic amines is 1. The van der Waals surface area contributed by atoms with E-state index in [1.54, 1.807) is 30.3 Å². The molecule has 2 heterocycles. The van der Waals surface area contributed by atoms with Crippen LogP contribution in [0.1, 0.15) is 10.4 Å². The van der Waals surface area contributed by atoms with Crippen LogP contribution >= 0.6 is 0 Å². The molecule has 2 N–H and O–H groups in total. The van der Waals surface area contributed by atoms with E-state index >= 15 is 0 Å². The molecule has 10 heteroatoms. The van der Waals surface area contributed by atoms with Crippen LogP contribution in [0, 0.1) is 5.82 Å². The SMILES string of the molecule is COC(=O)c1cccc(-c2cc3c(cc2NS(C)(=O)=O)oc2c4ccc(F)cc4[nH]c(=O)c32)c1. The molecule has 172 valence electrons. The number of methoxy groups -OCH3 is 1. The van der Waals surface area contributed by atoms with Gasteiger partial charge in [0.25, 0.3) is 5.56 Å². The maximum absolute atomic E-state index is 13.7. The maximum Gasteiger partial charge on any atom is 0.337 e. The molecule has 5 aromatic rings. The molecule has 0 spiro atoms. The van der Waals surface area contributed by atoms with Crippen LogP contribution in [0.4, 0.5) is 10.1 Å². The maximum atomic E-state index is 13.7. The number of H-pyrrole nitrogens is 1. The molecule has 5 rings (SSSR count). The number of halogens is 1. The first-order chi connectivity index (χ1) is 16.1. The van der Waals surface area contributed by atoms with Gasteiger partial charge in [0.15, 0.2) is 0 Å². The van der Waals surface area contributed by atoms with Crippen molar-refractivity contribution in [2.24, 2.45) is 0 Å². The number of benzene rings is 3. The lowest BCUT2D eigenvalue weighted by atomic mass is 9.99. The van der Waals surface area contributed by atoms with Crippen molar-refractivity contribution in [1.29, 1.82) is 0 Å². The van der Waals surface area contributed by atoms with E-state index in [4.69, 9.17) is 9.15 Å². The highest BCUT2D eigenvalue weighted by molar-refractivity contribution is 7.92. The van der Waals surface area contributed by atoms with Crippen molar-refractivity contribution in [2.45, 2.75) is 0 Å². The summed E-state index contributed by atoms with van der Waals surface area (Å²) in [5, 5.41) is 1.17. The van der Waals surface area contributed by atoms with E-state index in [1.807, 2.05) is 0 Å². The minimum atomic E-state index is -3.68. The van der Waals surface area contributed by atoms with E-state index in [0.717, 1.165) is 6.26 Å². The molecule has 8 nitrogen and oxygen atoms in total. The van der Waals surface area contributed by atoms with Crippen molar-refractivity contribution in [2.75, 3.05) is 18.1 Å². The van der Waals surface area contributed by atoms with Crippen LogP contribution < -0.4 is 10.3 Å². The number of anilines is 1. The van der Waals surface area contributed by atoms with Gasteiger partial charge in [0.1, 0.15) is 17.0 Å². The first kappa shape index (κ1) is 21.7. The van der Waals surface area contributed by atoms with Gasteiger partial charge in [-0.25, -0.2) is 17.6 Å². The fourth-order valence-corrected chi connectivity index (χ4v) is 4.58. The van der Waals surface area contributed by atoms with Crippen molar-refractivity contribution in [3.05, 3.63) is 76.3 Å². The molecule has 0 unspecified atom stereocenters. The van der Waals surface area contributed by atoms with Crippen LogP contribution in [-0.2, 0) is 14.8 Å². The number of fused-ring (bicyclic) bond motifs is 5. The smallest absolute Gasteiger partial charge is 0.337 e. The van der Waals surface area contributed by atoms with Crippen LogP contribution in [0.2, 0.25) is 0 Å². The zero-order valence-electron chi connectivity index (χ0n) is 17.9. The summed E-state index contributed by atoms with van der Waals surface area (Å²) in [6.45, 7) is 0. The number of carbonyl (C=O) groups is 1. The van der Waals surface area contributed by atoms with Crippen molar-refractivity contribution < 1.29 is 26.8 Å². The van der Waals surface area contributed by atoms with Gasteiger partial charge in [0.05, 0.1) is 35.5 Å². The third-order valence-corrected chi connectivity index (χ3v) is 6.01. The number of aromatic nitrogens is 1.